The van der Waals surface area contributed by atoms with Gasteiger partial charge in [-0.25, -0.2) is 4.79 Å². The molecule has 1 unspecified atom stereocenters. The fraction of sp³-hybridized carbons (Fsp3) is 0.875. The van der Waals surface area contributed by atoms with Crippen molar-refractivity contribution in [3.05, 3.63) is 0 Å². The lowest BCUT2D eigenvalue weighted by molar-refractivity contribution is -0.161. The molecule has 0 aromatic heterocycles. The highest BCUT2D eigenvalue weighted by atomic mass is 16.6. The van der Waals surface area contributed by atoms with Crippen molar-refractivity contribution in [3.63, 3.8) is 0 Å². The Hall–Kier alpha value is -1.14. The number of hydrogen-bond donors (Lipinski definition) is 2. The first-order chi connectivity index (χ1) is 9.89. The van der Waals surface area contributed by atoms with Gasteiger partial charge in [0.05, 0.1) is 19.3 Å². The predicted octanol–water partition coefficient (Wildman–Crippen LogP) is 1.26. The minimum absolute atomic E-state index is 0.166. The molecular formula is C16H29NO5. The van der Waals surface area contributed by atoms with Crippen LogP contribution in [0.5, 0.6) is 0 Å². The van der Waals surface area contributed by atoms with Crippen LogP contribution in [0.3, 0.4) is 0 Å². The Balaban J connectivity index is 2.82. The number of aliphatic hydroxyl groups excluding tert-OH is 1. The minimum atomic E-state index is -0.897. The Kier molecular flexibility index (Phi) is 5.98. The maximum atomic E-state index is 12.4. The molecule has 0 spiro atoms. The maximum absolute atomic E-state index is 12.4. The molecule has 1 rings (SSSR count). The molecule has 1 saturated heterocycles. The largest absolute Gasteiger partial charge is 0.458 e. The first-order valence-corrected chi connectivity index (χ1v) is 7.67. The van der Waals surface area contributed by atoms with E-state index in [1.165, 1.54) is 0 Å². The Morgan fingerprint density at radius 3 is 2.23 bits per heavy atom. The predicted molar refractivity (Wildman–Crippen MR) is 82.2 cm³/mol. The third-order valence-corrected chi connectivity index (χ3v) is 3.19. The van der Waals surface area contributed by atoms with Gasteiger partial charge in [0.2, 0.25) is 5.91 Å². The molecular weight excluding hydrogens is 286 g/mol. The van der Waals surface area contributed by atoms with Gasteiger partial charge in [-0.15, -0.1) is 0 Å². The normalized spacial score (nSPS) is 24.0. The summed E-state index contributed by atoms with van der Waals surface area (Å²) >= 11 is 0. The fourth-order valence-electron chi connectivity index (χ4n) is 2.29. The fourth-order valence-corrected chi connectivity index (χ4v) is 2.29. The van der Waals surface area contributed by atoms with Crippen molar-refractivity contribution in [2.24, 2.45) is 11.3 Å². The van der Waals surface area contributed by atoms with Crippen molar-refractivity contribution in [1.29, 1.82) is 0 Å². The van der Waals surface area contributed by atoms with Crippen LogP contribution in [0.4, 0.5) is 0 Å². The second-order valence-corrected chi connectivity index (χ2v) is 8.08. The third-order valence-electron chi connectivity index (χ3n) is 3.19. The van der Waals surface area contributed by atoms with Crippen molar-refractivity contribution < 1.29 is 24.2 Å². The van der Waals surface area contributed by atoms with Crippen molar-refractivity contribution in [2.45, 2.75) is 65.7 Å². The summed E-state index contributed by atoms with van der Waals surface area (Å²) in [4.78, 5) is 24.6. The summed E-state index contributed by atoms with van der Waals surface area (Å²) in [5, 5.41) is 12.7. The summed E-state index contributed by atoms with van der Waals surface area (Å²) in [5.74, 6) is -1.26. The highest BCUT2D eigenvalue weighted by Gasteiger charge is 2.41. The summed E-state index contributed by atoms with van der Waals surface area (Å²) in [7, 11) is 0. The quantitative estimate of drug-likeness (QED) is 0.763. The van der Waals surface area contributed by atoms with Crippen molar-refractivity contribution in [1.82, 2.24) is 5.32 Å². The Labute approximate surface area is 132 Å². The smallest absolute Gasteiger partial charge is 0.329 e. The molecule has 0 aliphatic carbocycles. The SMILES string of the molecule is CC(C)(C)CC(=O)N[C@@H](C(=O)OC(C)(C)C)C1COC[C@@H]1O. The zero-order valence-electron chi connectivity index (χ0n) is 14.4. The van der Waals surface area contributed by atoms with Crippen LogP contribution in [-0.2, 0) is 19.1 Å². The first kappa shape index (κ1) is 18.9. The van der Waals surface area contributed by atoms with Crippen LogP contribution in [0.15, 0.2) is 0 Å². The molecule has 0 saturated carbocycles. The van der Waals surface area contributed by atoms with E-state index >= 15 is 0 Å². The lowest BCUT2D eigenvalue weighted by atomic mass is 9.90. The highest BCUT2D eigenvalue weighted by Crippen LogP contribution is 2.23. The van der Waals surface area contributed by atoms with Gasteiger partial charge in [-0.3, -0.25) is 4.79 Å². The van der Waals surface area contributed by atoms with Crippen molar-refractivity contribution >= 4 is 11.9 Å². The zero-order valence-corrected chi connectivity index (χ0v) is 14.4. The molecule has 0 bridgehead atoms. The topological polar surface area (TPSA) is 84.9 Å². The van der Waals surface area contributed by atoms with Gasteiger partial charge in [0.25, 0.3) is 0 Å². The number of amides is 1. The summed E-state index contributed by atoms with van der Waals surface area (Å²) < 4.78 is 10.6. The van der Waals surface area contributed by atoms with Gasteiger partial charge >= 0.3 is 5.97 Å². The Morgan fingerprint density at radius 1 is 1.23 bits per heavy atom. The van der Waals surface area contributed by atoms with E-state index in [9.17, 15) is 14.7 Å². The van der Waals surface area contributed by atoms with Gasteiger partial charge in [0.15, 0.2) is 0 Å². The summed E-state index contributed by atoms with van der Waals surface area (Å²) in [5.41, 5.74) is -0.845. The van der Waals surface area contributed by atoms with Crippen LogP contribution in [0.2, 0.25) is 0 Å². The second kappa shape index (κ2) is 6.96. The van der Waals surface area contributed by atoms with E-state index in [-0.39, 0.29) is 31.0 Å². The average molecular weight is 315 g/mol. The lowest BCUT2D eigenvalue weighted by Gasteiger charge is -2.29. The number of esters is 1. The number of carbonyl (C=O) groups is 2. The molecule has 3 atom stereocenters. The summed E-state index contributed by atoms with van der Waals surface area (Å²) in [6.45, 7) is 11.5. The molecule has 1 amide bonds. The van der Waals surface area contributed by atoms with Gasteiger partial charge < -0.3 is 19.9 Å². The lowest BCUT2D eigenvalue weighted by Crippen LogP contribution is -2.52. The monoisotopic (exact) mass is 315 g/mol. The molecule has 22 heavy (non-hydrogen) atoms. The number of aliphatic hydroxyl groups is 1. The average Bonchev–Trinajstić information content (AvgIpc) is 2.67. The van der Waals surface area contributed by atoms with Crippen molar-refractivity contribution in [3.8, 4) is 0 Å². The van der Waals surface area contributed by atoms with Crippen LogP contribution in [-0.4, -0.2) is 47.9 Å². The van der Waals surface area contributed by atoms with E-state index in [0.717, 1.165) is 0 Å². The number of carbonyl (C=O) groups excluding carboxylic acids is 2. The van der Waals surface area contributed by atoms with Crippen LogP contribution < -0.4 is 5.32 Å². The molecule has 6 heteroatoms. The first-order valence-electron chi connectivity index (χ1n) is 7.67. The second-order valence-electron chi connectivity index (χ2n) is 8.08. The minimum Gasteiger partial charge on any atom is -0.458 e. The summed E-state index contributed by atoms with van der Waals surface area (Å²) in [6, 6.07) is -0.897. The molecule has 128 valence electrons. The van der Waals surface area contributed by atoms with E-state index in [0.29, 0.717) is 0 Å². The maximum Gasteiger partial charge on any atom is 0.329 e. The number of nitrogens with one attached hydrogen (secondary N) is 1. The molecule has 1 fully saturated rings. The van der Waals surface area contributed by atoms with Crippen molar-refractivity contribution in [2.75, 3.05) is 13.2 Å². The molecule has 2 N–H and O–H groups in total. The standard InChI is InChI=1S/C16H29NO5/c1-15(2,3)7-12(19)17-13(10-8-21-9-11(10)18)14(20)22-16(4,5)6/h10-11,13,18H,7-9H2,1-6H3,(H,17,19)/t10?,11-,13+/m0/s1. The molecule has 1 aliphatic heterocycles. The number of hydrogen-bond acceptors (Lipinski definition) is 5. The van der Waals surface area contributed by atoms with Crippen LogP contribution >= 0.6 is 0 Å². The zero-order chi connectivity index (χ0) is 17.1. The van der Waals surface area contributed by atoms with E-state index < -0.39 is 29.6 Å². The Bertz CT molecular complexity index is 408. The molecule has 1 heterocycles. The molecule has 0 radical (unpaired) electrons. The van der Waals surface area contributed by atoms with Gasteiger partial charge in [0, 0.05) is 12.3 Å². The van der Waals surface area contributed by atoms with E-state index in [1.54, 1.807) is 20.8 Å². The van der Waals surface area contributed by atoms with E-state index in [2.05, 4.69) is 5.32 Å². The van der Waals surface area contributed by atoms with Crippen LogP contribution in [0.1, 0.15) is 48.0 Å². The third kappa shape index (κ3) is 6.32. The molecule has 0 aromatic rings. The van der Waals surface area contributed by atoms with Gasteiger partial charge in [-0.05, 0) is 26.2 Å². The number of ether oxygens (including phenoxy) is 2. The number of rotatable bonds is 4. The van der Waals surface area contributed by atoms with Crippen LogP contribution in [0, 0.1) is 11.3 Å². The van der Waals surface area contributed by atoms with E-state index in [1.807, 2.05) is 20.8 Å². The summed E-state index contributed by atoms with van der Waals surface area (Å²) in [6.07, 6.45) is -0.497. The van der Waals surface area contributed by atoms with Crippen LogP contribution in [0.25, 0.3) is 0 Å². The highest BCUT2D eigenvalue weighted by molar-refractivity contribution is 5.85. The molecule has 1 aliphatic rings. The van der Waals surface area contributed by atoms with E-state index in [4.69, 9.17) is 9.47 Å². The molecule has 6 nitrogen and oxygen atoms in total. The molecule has 0 aromatic carbocycles. The van der Waals surface area contributed by atoms with Gasteiger partial charge in [-0.2, -0.15) is 0 Å². The van der Waals surface area contributed by atoms with Gasteiger partial charge in [-0.1, -0.05) is 20.8 Å². The van der Waals surface area contributed by atoms with Gasteiger partial charge in [0.1, 0.15) is 11.6 Å². The Morgan fingerprint density at radius 2 is 1.82 bits per heavy atom.